The molecule has 0 fully saturated rings. The Morgan fingerprint density at radius 2 is 1.39 bits per heavy atom. The van der Waals surface area contributed by atoms with E-state index in [2.05, 4.69) is 20.5 Å². The fourth-order valence-electron chi connectivity index (χ4n) is 4.14. The van der Waals surface area contributed by atoms with Gasteiger partial charge in [0.2, 0.25) is 0 Å². The summed E-state index contributed by atoms with van der Waals surface area (Å²) in [7, 11) is -4.87. The number of carboxylic acid groups (broad SMARTS) is 1. The first-order valence-electron chi connectivity index (χ1n) is 13.8. The Hall–Kier alpha value is -5.16. The molecule has 15 nitrogen and oxygen atoms in total. The number of nitrogens with two attached hydrogens (primary N) is 1. The Balaban J connectivity index is 1.81. The molecule has 0 saturated heterocycles. The Bertz CT molecular complexity index is 1880. The van der Waals surface area contributed by atoms with Crippen molar-refractivity contribution in [3.05, 3.63) is 66.2 Å². The van der Waals surface area contributed by atoms with Crippen LogP contribution in [-0.2, 0) is 21.3 Å². The largest absolute Gasteiger partial charge is 0.505 e. The predicted molar refractivity (Wildman–Crippen MR) is 167 cm³/mol. The summed E-state index contributed by atoms with van der Waals surface area (Å²) in [5.41, 5.74) is 6.73. The highest BCUT2D eigenvalue weighted by molar-refractivity contribution is 7.86. The zero-order valence-electron chi connectivity index (χ0n) is 24.3. The maximum Gasteiger partial charge on any atom is 0.307 e. The number of aliphatic hydroxyl groups is 2. The Morgan fingerprint density at radius 1 is 0.804 bits per heavy atom. The molecule has 0 unspecified atom stereocenters. The molecule has 4 aromatic rings. The molecule has 0 aliphatic rings. The van der Waals surface area contributed by atoms with E-state index in [1.807, 2.05) is 0 Å². The van der Waals surface area contributed by atoms with E-state index in [9.17, 15) is 33.1 Å². The number of carboxylic acids is 1. The second kappa shape index (κ2) is 15.2. The minimum Gasteiger partial charge on any atom is -0.505 e. The molecule has 0 amide bonds. The summed E-state index contributed by atoms with van der Waals surface area (Å²) >= 11 is 0. The normalized spacial score (nSPS) is 11.9. The number of azo groups is 2. The average Bonchev–Trinajstić information content (AvgIpc) is 3.01. The Labute approximate surface area is 263 Å². The maximum atomic E-state index is 12.2. The van der Waals surface area contributed by atoms with Crippen LogP contribution in [0.5, 0.6) is 17.2 Å². The molecule has 0 aromatic heterocycles. The van der Waals surface area contributed by atoms with E-state index < -0.39 is 32.4 Å². The highest BCUT2D eigenvalue weighted by atomic mass is 32.2. The van der Waals surface area contributed by atoms with E-state index in [4.69, 9.17) is 20.3 Å². The minimum absolute atomic E-state index is 0.00210. The van der Waals surface area contributed by atoms with Crippen molar-refractivity contribution in [1.29, 1.82) is 0 Å². The van der Waals surface area contributed by atoms with Gasteiger partial charge in [0.05, 0.1) is 25.3 Å². The van der Waals surface area contributed by atoms with Gasteiger partial charge in [-0.3, -0.25) is 9.35 Å². The predicted octanol–water partition coefficient (Wildman–Crippen LogP) is 5.35. The summed E-state index contributed by atoms with van der Waals surface area (Å²) in [6.07, 6.45) is 0.380. The molecule has 0 saturated carbocycles. The van der Waals surface area contributed by atoms with Crippen molar-refractivity contribution >= 4 is 55.3 Å². The fourth-order valence-corrected chi connectivity index (χ4v) is 4.80. The van der Waals surface area contributed by atoms with Gasteiger partial charge in [-0.2, -0.15) is 13.5 Å². The lowest BCUT2D eigenvalue weighted by molar-refractivity contribution is -0.136. The number of phenolic OH excluding ortho intramolecular Hbond substituents is 1. The van der Waals surface area contributed by atoms with Crippen LogP contribution in [0.15, 0.2) is 86.0 Å². The number of hydrogen-bond acceptors (Lipinski definition) is 13. The minimum atomic E-state index is -4.87. The lowest BCUT2D eigenvalue weighted by Gasteiger charge is -2.13. The summed E-state index contributed by atoms with van der Waals surface area (Å²) in [5, 5.41) is 55.4. The van der Waals surface area contributed by atoms with Crippen molar-refractivity contribution in [3.8, 4) is 17.2 Å². The van der Waals surface area contributed by atoms with E-state index in [0.29, 0.717) is 11.3 Å². The van der Waals surface area contributed by atoms with Gasteiger partial charge in [0, 0.05) is 49.3 Å². The number of ether oxygens (including phenoxy) is 2. The number of aliphatic carboxylic acids is 1. The van der Waals surface area contributed by atoms with E-state index in [1.165, 1.54) is 30.3 Å². The summed E-state index contributed by atoms with van der Waals surface area (Å²) in [6.45, 7) is -0.208. The van der Waals surface area contributed by atoms with Crippen molar-refractivity contribution in [2.24, 2.45) is 20.5 Å². The summed E-state index contributed by atoms with van der Waals surface area (Å²) < 4.78 is 46.0. The number of benzene rings is 4. The van der Waals surface area contributed by atoms with E-state index in [1.54, 1.807) is 24.3 Å². The molecular formula is C30H31N5O10S. The van der Waals surface area contributed by atoms with Gasteiger partial charge in [-0.25, -0.2) is 0 Å². The number of hydrogen-bond donors (Lipinski definition) is 6. The molecule has 0 aliphatic heterocycles. The highest BCUT2D eigenvalue weighted by Crippen LogP contribution is 2.45. The first kappa shape index (κ1) is 33.7. The maximum absolute atomic E-state index is 12.2. The van der Waals surface area contributed by atoms with Crippen molar-refractivity contribution in [3.63, 3.8) is 0 Å². The number of nitrogens with zero attached hydrogens (tertiary/aromatic N) is 4. The third-order valence-corrected chi connectivity index (χ3v) is 7.20. The van der Waals surface area contributed by atoms with Crippen LogP contribution in [0.1, 0.15) is 18.4 Å². The molecule has 0 radical (unpaired) electrons. The summed E-state index contributed by atoms with van der Waals surface area (Å²) in [4.78, 5) is 10.3. The van der Waals surface area contributed by atoms with Gasteiger partial charge in [0.25, 0.3) is 10.1 Å². The van der Waals surface area contributed by atoms with Crippen LogP contribution in [0.3, 0.4) is 0 Å². The van der Waals surface area contributed by atoms with Crippen molar-refractivity contribution in [2.45, 2.75) is 24.2 Å². The number of aromatic hydroxyl groups is 1. The molecule has 0 bridgehead atoms. The lowest BCUT2D eigenvalue weighted by Crippen LogP contribution is -2.02. The van der Waals surface area contributed by atoms with Crippen molar-refractivity contribution in [1.82, 2.24) is 0 Å². The average molecular weight is 654 g/mol. The Morgan fingerprint density at radius 3 is 1.93 bits per heavy atom. The second-order valence-electron chi connectivity index (χ2n) is 9.80. The number of phenols is 1. The van der Waals surface area contributed by atoms with Crippen LogP contribution in [0, 0.1) is 0 Å². The quantitative estimate of drug-likeness (QED) is 0.0413. The standard InChI is InChI=1S/C30H31N5O10S/c31-20-6-5-19-14-27(46(41,42)43)29(30(40)22(19)15-20)35-34-24-17-25(44-11-1-9-36)23(16-26(24)45-12-2-10-37)33-32-21-7-3-18(4-8-21)13-28(38)39/h3-8,14-17,36-37,40H,1-2,9-13,31H2,(H,38,39)(H,41,42,43). The second-order valence-corrected chi connectivity index (χ2v) is 11.2. The smallest absolute Gasteiger partial charge is 0.307 e. The lowest BCUT2D eigenvalue weighted by atomic mass is 10.1. The molecule has 46 heavy (non-hydrogen) atoms. The number of carbonyl (C=O) groups is 1. The highest BCUT2D eigenvalue weighted by Gasteiger charge is 2.23. The molecule has 4 aromatic carbocycles. The summed E-state index contributed by atoms with van der Waals surface area (Å²) in [5.74, 6) is -1.35. The van der Waals surface area contributed by atoms with E-state index in [0.717, 1.165) is 6.07 Å². The number of fused-ring (bicyclic) bond motifs is 1. The molecule has 242 valence electrons. The van der Waals surface area contributed by atoms with Crippen molar-refractivity contribution in [2.75, 3.05) is 32.2 Å². The molecular weight excluding hydrogens is 622 g/mol. The van der Waals surface area contributed by atoms with E-state index >= 15 is 0 Å². The molecule has 0 heterocycles. The monoisotopic (exact) mass is 653 g/mol. The molecule has 0 atom stereocenters. The number of aliphatic hydroxyl groups excluding tert-OH is 2. The molecule has 4 rings (SSSR count). The summed E-state index contributed by atoms with van der Waals surface area (Å²) in [6, 6.07) is 14.7. The molecule has 0 aliphatic carbocycles. The third kappa shape index (κ3) is 8.72. The van der Waals surface area contributed by atoms with Gasteiger partial charge < -0.3 is 35.6 Å². The van der Waals surface area contributed by atoms with E-state index in [-0.39, 0.29) is 85.0 Å². The molecule has 7 N–H and O–H groups in total. The molecule has 16 heteroatoms. The van der Waals surface area contributed by atoms with Crippen molar-refractivity contribution < 1.29 is 47.7 Å². The zero-order chi connectivity index (χ0) is 33.3. The van der Waals surface area contributed by atoms with Gasteiger partial charge in [-0.1, -0.05) is 18.2 Å². The number of nitrogen functional groups attached to an aromatic ring is 1. The van der Waals surface area contributed by atoms with Gasteiger partial charge >= 0.3 is 5.97 Å². The first-order valence-corrected chi connectivity index (χ1v) is 15.3. The van der Waals surface area contributed by atoms with Crippen LogP contribution >= 0.6 is 0 Å². The zero-order valence-corrected chi connectivity index (χ0v) is 25.1. The number of anilines is 1. The number of rotatable bonds is 15. The Kier molecular flexibility index (Phi) is 11.2. The van der Waals surface area contributed by atoms with Gasteiger partial charge in [-0.05, 0) is 41.3 Å². The van der Waals surface area contributed by atoms with Crippen LogP contribution in [0.4, 0.5) is 28.4 Å². The molecule has 0 spiro atoms. The SMILES string of the molecule is Nc1ccc2cc(S(=O)(=O)O)c(N=Nc3cc(OCCCO)c(N=Nc4ccc(CC(=O)O)cc4)cc3OCCCO)c(O)c2c1. The third-order valence-electron chi connectivity index (χ3n) is 6.34. The van der Waals surface area contributed by atoms with Gasteiger partial charge in [-0.15, -0.1) is 15.3 Å². The van der Waals surface area contributed by atoms with Crippen LogP contribution in [-0.4, -0.2) is 65.8 Å². The van der Waals surface area contributed by atoms with Crippen LogP contribution in [0.25, 0.3) is 10.8 Å². The van der Waals surface area contributed by atoms with Gasteiger partial charge in [0.15, 0.2) is 5.75 Å². The van der Waals surface area contributed by atoms with Crippen LogP contribution < -0.4 is 15.2 Å². The fraction of sp³-hybridized carbons (Fsp3) is 0.233. The van der Waals surface area contributed by atoms with Crippen LogP contribution in [0.2, 0.25) is 0 Å². The topological polar surface area (TPSA) is 246 Å². The van der Waals surface area contributed by atoms with Gasteiger partial charge in [0.1, 0.15) is 33.5 Å². The first-order chi connectivity index (χ1) is 22.0.